The molecule has 1 aromatic carbocycles. The van der Waals surface area contributed by atoms with Crippen LogP contribution >= 0.6 is 0 Å². The molecule has 6 nitrogen and oxygen atoms in total. The summed E-state index contributed by atoms with van der Waals surface area (Å²) in [6.07, 6.45) is 9.68. The molecule has 0 unspecified atom stereocenters. The third-order valence-corrected chi connectivity index (χ3v) is 4.88. The van der Waals surface area contributed by atoms with Crippen LogP contribution < -0.4 is 5.32 Å². The van der Waals surface area contributed by atoms with Gasteiger partial charge in [0.2, 0.25) is 5.91 Å². The number of hydrogen-bond donors (Lipinski definition) is 1. The van der Waals surface area contributed by atoms with Gasteiger partial charge in [-0.25, -0.2) is 13.5 Å². The zero-order chi connectivity index (χ0) is 19.5. The Morgan fingerprint density at radius 2 is 2.14 bits per heavy atom. The summed E-state index contributed by atoms with van der Waals surface area (Å²) in [7, 11) is 0. The van der Waals surface area contributed by atoms with Crippen molar-refractivity contribution in [3.05, 3.63) is 71.6 Å². The molecule has 1 aliphatic rings. The SMILES string of the molecule is O=C(CCc1cnccn1)N[C@@H]1CCCc2c1cnn2-c1ccc(F)cc1F. The van der Waals surface area contributed by atoms with Crippen LogP contribution in [0.1, 0.15) is 42.3 Å². The van der Waals surface area contributed by atoms with Gasteiger partial charge in [-0.1, -0.05) is 0 Å². The van der Waals surface area contributed by atoms with Gasteiger partial charge in [0.15, 0.2) is 5.82 Å². The molecule has 144 valence electrons. The van der Waals surface area contributed by atoms with Crippen LogP contribution in [0.3, 0.4) is 0 Å². The minimum atomic E-state index is -0.666. The van der Waals surface area contributed by atoms with Crippen LogP contribution in [0.5, 0.6) is 0 Å². The van der Waals surface area contributed by atoms with E-state index in [1.807, 2.05) is 0 Å². The first-order valence-electron chi connectivity index (χ1n) is 9.18. The highest BCUT2D eigenvalue weighted by Gasteiger charge is 2.26. The quantitative estimate of drug-likeness (QED) is 0.735. The standard InChI is InChI=1S/C20H19F2N5O/c21-13-4-6-19(16(22)10-13)27-18-3-1-2-17(15(18)12-25-27)26-20(28)7-5-14-11-23-8-9-24-14/h4,6,8-12,17H,1-3,5,7H2,(H,26,28)/t17-/m1/s1. The van der Waals surface area contributed by atoms with Crippen LogP contribution in [0.2, 0.25) is 0 Å². The van der Waals surface area contributed by atoms with Gasteiger partial charge in [-0.15, -0.1) is 0 Å². The van der Waals surface area contributed by atoms with Crippen LogP contribution in [0.15, 0.2) is 43.0 Å². The van der Waals surface area contributed by atoms with Crippen molar-refractivity contribution >= 4 is 5.91 Å². The Kier molecular flexibility index (Phi) is 5.10. The van der Waals surface area contributed by atoms with Crippen LogP contribution in [-0.4, -0.2) is 25.7 Å². The summed E-state index contributed by atoms with van der Waals surface area (Å²) >= 11 is 0. The van der Waals surface area contributed by atoms with Gasteiger partial charge in [-0.05, 0) is 37.8 Å². The van der Waals surface area contributed by atoms with Gasteiger partial charge in [-0.2, -0.15) is 5.10 Å². The summed E-state index contributed by atoms with van der Waals surface area (Å²) < 4.78 is 28.9. The Labute approximate surface area is 160 Å². The lowest BCUT2D eigenvalue weighted by molar-refractivity contribution is -0.121. The van der Waals surface area contributed by atoms with Gasteiger partial charge in [0.05, 0.1) is 17.9 Å². The maximum absolute atomic E-state index is 14.2. The number of aryl methyl sites for hydroxylation is 1. The number of hydrogen-bond acceptors (Lipinski definition) is 4. The highest BCUT2D eigenvalue weighted by molar-refractivity contribution is 5.76. The third-order valence-electron chi connectivity index (χ3n) is 4.88. The minimum absolute atomic E-state index is 0.0794. The monoisotopic (exact) mass is 383 g/mol. The summed E-state index contributed by atoms with van der Waals surface area (Å²) in [5.74, 6) is -1.37. The third kappa shape index (κ3) is 3.76. The molecule has 4 rings (SSSR count). The molecule has 2 heterocycles. The number of rotatable bonds is 5. The molecule has 28 heavy (non-hydrogen) atoms. The molecule has 0 aliphatic heterocycles. The number of nitrogens with zero attached hydrogens (tertiary/aromatic N) is 4. The Morgan fingerprint density at radius 3 is 2.93 bits per heavy atom. The van der Waals surface area contributed by atoms with Crippen molar-refractivity contribution in [2.75, 3.05) is 0 Å². The smallest absolute Gasteiger partial charge is 0.220 e. The van der Waals surface area contributed by atoms with Gasteiger partial charge >= 0.3 is 0 Å². The van der Waals surface area contributed by atoms with E-state index in [-0.39, 0.29) is 17.6 Å². The van der Waals surface area contributed by atoms with E-state index in [4.69, 9.17) is 0 Å². The Bertz CT molecular complexity index is 990. The van der Waals surface area contributed by atoms with Crippen molar-refractivity contribution in [2.24, 2.45) is 0 Å². The lowest BCUT2D eigenvalue weighted by Crippen LogP contribution is -2.31. The van der Waals surface area contributed by atoms with E-state index in [0.29, 0.717) is 12.8 Å². The molecule has 1 amide bonds. The van der Waals surface area contributed by atoms with Crippen molar-refractivity contribution in [3.63, 3.8) is 0 Å². The Hall–Kier alpha value is -3.16. The minimum Gasteiger partial charge on any atom is -0.349 e. The van der Waals surface area contributed by atoms with E-state index in [0.717, 1.165) is 42.3 Å². The first kappa shape index (κ1) is 18.2. The highest BCUT2D eigenvalue weighted by Crippen LogP contribution is 2.31. The average Bonchev–Trinajstić information content (AvgIpc) is 3.12. The molecule has 1 aliphatic carbocycles. The fraction of sp³-hybridized carbons (Fsp3) is 0.300. The maximum Gasteiger partial charge on any atom is 0.220 e. The predicted molar refractivity (Wildman–Crippen MR) is 97.7 cm³/mol. The van der Waals surface area contributed by atoms with Crippen molar-refractivity contribution in [1.82, 2.24) is 25.1 Å². The molecule has 1 atom stereocenters. The second-order valence-electron chi connectivity index (χ2n) is 6.76. The molecular weight excluding hydrogens is 364 g/mol. The van der Waals surface area contributed by atoms with E-state index in [1.165, 1.54) is 16.8 Å². The lowest BCUT2D eigenvalue weighted by atomic mass is 9.92. The van der Waals surface area contributed by atoms with Crippen LogP contribution in [-0.2, 0) is 17.6 Å². The molecule has 1 N–H and O–H groups in total. The fourth-order valence-electron chi connectivity index (χ4n) is 3.53. The van der Waals surface area contributed by atoms with Crippen molar-refractivity contribution in [2.45, 2.75) is 38.1 Å². The molecule has 0 saturated carbocycles. The summed E-state index contributed by atoms with van der Waals surface area (Å²) in [5.41, 5.74) is 2.69. The van der Waals surface area contributed by atoms with Gasteiger partial charge in [0, 0.05) is 42.3 Å². The van der Waals surface area contributed by atoms with Crippen LogP contribution in [0.25, 0.3) is 5.69 Å². The fourth-order valence-corrected chi connectivity index (χ4v) is 3.53. The molecular formula is C20H19F2N5O. The second kappa shape index (κ2) is 7.84. The number of carbonyl (C=O) groups excluding carboxylic acids is 1. The number of aromatic nitrogens is 4. The molecule has 0 radical (unpaired) electrons. The normalized spacial score (nSPS) is 15.9. The number of fused-ring (bicyclic) bond motifs is 1. The van der Waals surface area contributed by atoms with Gasteiger partial charge < -0.3 is 5.32 Å². The van der Waals surface area contributed by atoms with Crippen LogP contribution in [0.4, 0.5) is 8.78 Å². The number of benzene rings is 1. The number of halogens is 2. The molecule has 3 aromatic rings. The molecule has 8 heteroatoms. The molecule has 0 spiro atoms. The maximum atomic E-state index is 14.2. The van der Waals surface area contributed by atoms with Gasteiger partial charge in [0.1, 0.15) is 11.5 Å². The number of amides is 1. The largest absolute Gasteiger partial charge is 0.349 e. The molecule has 0 bridgehead atoms. The topological polar surface area (TPSA) is 72.7 Å². The Balaban J connectivity index is 1.49. The first-order chi connectivity index (χ1) is 13.6. The first-order valence-corrected chi connectivity index (χ1v) is 9.18. The van der Waals surface area contributed by atoms with Crippen molar-refractivity contribution < 1.29 is 13.6 Å². The average molecular weight is 383 g/mol. The van der Waals surface area contributed by atoms with Gasteiger partial charge in [-0.3, -0.25) is 14.8 Å². The van der Waals surface area contributed by atoms with Crippen molar-refractivity contribution in [1.29, 1.82) is 0 Å². The van der Waals surface area contributed by atoms with E-state index < -0.39 is 11.6 Å². The highest BCUT2D eigenvalue weighted by atomic mass is 19.1. The summed E-state index contributed by atoms with van der Waals surface area (Å²) in [5, 5.41) is 7.33. The van der Waals surface area contributed by atoms with E-state index in [2.05, 4.69) is 20.4 Å². The second-order valence-corrected chi connectivity index (χ2v) is 6.76. The Morgan fingerprint density at radius 1 is 1.25 bits per heavy atom. The van der Waals surface area contributed by atoms with E-state index in [9.17, 15) is 13.6 Å². The lowest BCUT2D eigenvalue weighted by Gasteiger charge is -2.24. The molecule has 0 fully saturated rings. The molecule has 0 saturated heterocycles. The van der Waals surface area contributed by atoms with Crippen LogP contribution in [0, 0.1) is 11.6 Å². The zero-order valence-corrected chi connectivity index (χ0v) is 15.1. The number of nitrogens with one attached hydrogen (secondary N) is 1. The summed E-state index contributed by atoms with van der Waals surface area (Å²) in [6, 6.07) is 3.26. The zero-order valence-electron chi connectivity index (χ0n) is 15.1. The predicted octanol–water partition coefficient (Wildman–Crippen LogP) is 3.07. The van der Waals surface area contributed by atoms with E-state index >= 15 is 0 Å². The summed E-state index contributed by atoms with van der Waals surface area (Å²) in [4.78, 5) is 20.5. The summed E-state index contributed by atoms with van der Waals surface area (Å²) in [6.45, 7) is 0. The van der Waals surface area contributed by atoms with E-state index in [1.54, 1.807) is 24.8 Å². The number of carbonyl (C=O) groups is 1. The van der Waals surface area contributed by atoms with Crippen molar-refractivity contribution in [3.8, 4) is 5.69 Å². The van der Waals surface area contributed by atoms with Gasteiger partial charge in [0.25, 0.3) is 0 Å². The molecule has 2 aromatic heterocycles.